The summed E-state index contributed by atoms with van der Waals surface area (Å²) < 4.78 is 5.00. The lowest BCUT2D eigenvalue weighted by atomic mass is 10.0. The number of piperidine rings is 1. The second kappa shape index (κ2) is 6.89. The maximum Gasteiger partial charge on any atom is 0.167 e. The first kappa shape index (κ1) is 15.0. The van der Waals surface area contributed by atoms with Crippen molar-refractivity contribution in [2.45, 2.75) is 25.3 Å². The number of carbonyl (C=O) groups is 1. The second-order valence-electron chi connectivity index (χ2n) is 5.64. The van der Waals surface area contributed by atoms with Gasteiger partial charge in [0.15, 0.2) is 5.78 Å². The van der Waals surface area contributed by atoms with Crippen molar-refractivity contribution < 1.29 is 9.53 Å². The molecule has 6 nitrogen and oxygen atoms in total. The SMILES string of the molecule is COCCC(=O)c1c[nH]c2nccc(N[C@@H]3CCCNC3)c12. The van der Waals surface area contributed by atoms with Crippen molar-refractivity contribution in [1.29, 1.82) is 0 Å². The predicted molar refractivity (Wildman–Crippen MR) is 86.4 cm³/mol. The minimum atomic E-state index is 0.0749. The number of fused-ring (bicyclic) bond motifs is 1. The minimum absolute atomic E-state index is 0.0749. The third-order valence-electron chi connectivity index (χ3n) is 4.06. The van der Waals surface area contributed by atoms with Crippen molar-refractivity contribution in [2.24, 2.45) is 0 Å². The number of rotatable bonds is 6. The highest BCUT2D eigenvalue weighted by atomic mass is 16.5. The summed E-state index contributed by atoms with van der Waals surface area (Å²) in [5, 5.41) is 7.83. The van der Waals surface area contributed by atoms with E-state index in [1.807, 2.05) is 6.07 Å². The van der Waals surface area contributed by atoms with E-state index < -0.39 is 0 Å². The van der Waals surface area contributed by atoms with E-state index >= 15 is 0 Å². The number of aromatic nitrogens is 2. The normalized spacial score (nSPS) is 18.5. The van der Waals surface area contributed by atoms with E-state index in [4.69, 9.17) is 4.74 Å². The van der Waals surface area contributed by atoms with Crippen molar-refractivity contribution in [3.63, 3.8) is 0 Å². The number of methoxy groups -OCH3 is 1. The molecule has 0 aromatic carbocycles. The third kappa shape index (κ3) is 3.13. The van der Waals surface area contributed by atoms with Crippen LogP contribution in [0.25, 0.3) is 11.0 Å². The summed E-state index contributed by atoms with van der Waals surface area (Å²) in [6, 6.07) is 2.33. The number of hydrogen-bond acceptors (Lipinski definition) is 5. The van der Waals surface area contributed by atoms with Crippen LogP contribution in [-0.4, -0.2) is 48.6 Å². The Morgan fingerprint density at radius 2 is 2.45 bits per heavy atom. The van der Waals surface area contributed by atoms with E-state index in [1.165, 1.54) is 6.42 Å². The number of nitrogens with one attached hydrogen (secondary N) is 3. The van der Waals surface area contributed by atoms with Crippen LogP contribution in [0.2, 0.25) is 0 Å². The zero-order chi connectivity index (χ0) is 15.4. The highest BCUT2D eigenvalue weighted by Gasteiger charge is 2.18. The first-order valence-corrected chi connectivity index (χ1v) is 7.75. The summed E-state index contributed by atoms with van der Waals surface area (Å²) >= 11 is 0. The van der Waals surface area contributed by atoms with E-state index in [0.717, 1.165) is 36.2 Å². The largest absolute Gasteiger partial charge is 0.384 e. The summed E-state index contributed by atoms with van der Waals surface area (Å²) in [5.74, 6) is 0.0749. The number of nitrogens with zero attached hydrogens (tertiary/aromatic N) is 1. The lowest BCUT2D eigenvalue weighted by molar-refractivity contribution is 0.0934. The molecule has 3 N–H and O–H groups in total. The smallest absolute Gasteiger partial charge is 0.167 e. The van der Waals surface area contributed by atoms with Gasteiger partial charge in [0.25, 0.3) is 0 Å². The molecule has 6 heteroatoms. The first-order valence-electron chi connectivity index (χ1n) is 7.75. The highest BCUT2D eigenvalue weighted by Crippen LogP contribution is 2.27. The first-order chi connectivity index (χ1) is 10.8. The molecule has 0 saturated carbocycles. The highest BCUT2D eigenvalue weighted by molar-refractivity contribution is 6.11. The summed E-state index contributed by atoms with van der Waals surface area (Å²) in [5.41, 5.74) is 2.40. The maximum atomic E-state index is 12.4. The Balaban J connectivity index is 1.88. The van der Waals surface area contributed by atoms with Gasteiger partial charge in [-0.2, -0.15) is 0 Å². The van der Waals surface area contributed by atoms with E-state index in [9.17, 15) is 4.79 Å². The van der Waals surface area contributed by atoms with E-state index in [2.05, 4.69) is 20.6 Å². The molecule has 0 amide bonds. The number of hydrogen-bond donors (Lipinski definition) is 3. The van der Waals surface area contributed by atoms with Gasteiger partial charge in [0.2, 0.25) is 0 Å². The molecule has 0 aliphatic carbocycles. The van der Waals surface area contributed by atoms with Crippen LogP contribution in [-0.2, 0) is 4.74 Å². The van der Waals surface area contributed by atoms with Gasteiger partial charge in [0.05, 0.1) is 12.0 Å². The van der Waals surface area contributed by atoms with Crippen molar-refractivity contribution in [3.05, 3.63) is 24.0 Å². The minimum Gasteiger partial charge on any atom is -0.384 e. The fraction of sp³-hybridized carbons (Fsp3) is 0.500. The third-order valence-corrected chi connectivity index (χ3v) is 4.06. The van der Waals surface area contributed by atoms with Crippen LogP contribution in [0.1, 0.15) is 29.6 Å². The number of aromatic amines is 1. The molecule has 1 saturated heterocycles. The molecule has 3 heterocycles. The van der Waals surface area contributed by atoms with Crippen LogP contribution < -0.4 is 10.6 Å². The van der Waals surface area contributed by atoms with Crippen molar-refractivity contribution >= 4 is 22.5 Å². The topological polar surface area (TPSA) is 79.0 Å². The number of anilines is 1. The molecule has 1 aliphatic heterocycles. The molecule has 3 rings (SSSR count). The molecule has 0 bridgehead atoms. The maximum absolute atomic E-state index is 12.4. The fourth-order valence-electron chi connectivity index (χ4n) is 2.92. The Morgan fingerprint density at radius 3 is 3.23 bits per heavy atom. The van der Waals surface area contributed by atoms with Crippen LogP contribution in [0.4, 0.5) is 5.69 Å². The average Bonchev–Trinajstić information content (AvgIpc) is 2.99. The van der Waals surface area contributed by atoms with Crippen LogP contribution in [0.3, 0.4) is 0 Å². The Kier molecular flexibility index (Phi) is 4.70. The van der Waals surface area contributed by atoms with Gasteiger partial charge in [-0.15, -0.1) is 0 Å². The number of ether oxygens (including phenoxy) is 1. The van der Waals surface area contributed by atoms with Gasteiger partial charge in [-0.1, -0.05) is 0 Å². The van der Waals surface area contributed by atoms with Gasteiger partial charge in [-0.05, 0) is 25.5 Å². The van der Waals surface area contributed by atoms with Crippen LogP contribution in [0.15, 0.2) is 18.5 Å². The molecule has 0 unspecified atom stereocenters. The predicted octanol–water partition coefficient (Wildman–Crippen LogP) is 1.95. The van der Waals surface area contributed by atoms with Gasteiger partial charge in [-0.25, -0.2) is 4.98 Å². The molecule has 1 atom stereocenters. The summed E-state index contributed by atoms with van der Waals surface area (Å²) in [7, 11) is 1.60. The Morgan fingerprint density at radius 1 is 1.55 bits per heavy atom. The zero-order valence-electron chi connectivity index (χ0n) is 12.8. The zero-order valence-corrected chi connectivity index (χ0v) is 12.8. The quantitative estimate of drug-likeness (QED) is 0.711. The monoisotopic (exact) mass is 302 g/mol. The lowest BCUT2D eigenvalue weighted by Crippen LogP contribution is -2.38. The molecule has 0 spiro atoms. The molecule has 0 radical (unpaired) electrons. The fourth-order valence-corrected chi connectivity index (χ4v) is 2.92. The number of pyridine rings is 1. The molecule has 2 aromatic heterocycles. The molecule has 2 aromatic rings. The molecule has 1 fully saturated rings. The lowest BCUT2D eigenvalue weighted by Gasteiger charge is -2.25. The summed E-state index contributed by atoms with van der Waals surface area (Å²) in [6.07, 6.45) is 6.19. The number of carbonyl (C=O) groups excluding carboxylic acids is 1. The second-order valence-corrected chi connectivity index (χ2v) is 5.64. The van der Waals surface area contributed by atoms with Crippen LogP contribution >= 0.6 is 0 Å². The summed E-state index contributed by atoms with van der Waals surface area (Å²) in [6.45, 7) is 2.46. The van der Waals surface area contributed by atoms with E-state index in [1.54, 1.807) is 19.5 Å². The van der Waals surface area contributed by atoms with E-state index in [0.29, 0.717) is 24.6 Å². The van der Waals surface area contributed by atoms with Crippen LogP contribution in [0, 0.1) is 0 Å². The average molecular weight is 302 g/mol. The Bertz CT molecular complexity index is 647. The molecule has 1 aliphatic rings. The molecule has 118 valence electrons. The number of H-pyrrole nitrogens is 1. The van der Waals surface area contributed by atoms with E-state index in [-0.39, 0.29) is 5.78 Å². The Hall–Kier alpha value is -1.92. The molecule has 22 heavy (non-hydrogen) atoms. The van der Waals surface area contributed by atoms with Crippen molar-refractivity contribution in [3.8, 4) is 0 Å². The van der Waals surface area contributed by atoms with Gasteiger partial charge >= 0.3 is 0 Å². The standard InChI is InChI=1S/C16H22N4O2/c1-22-8-5-14(21)12-10-19-16-15(12)13(4-7-18-16)20-11-3-2-6-17-9-11/h4,7,10-11,17H,2-3,5-6,8-9H2,1H3,(H2,18,19,20)/t11-/m1/s1. The molecular formula is C16H22N4O2. The van der Waals surface area contributed by atoms with Crippen LogP contribution in [0.5, 0.6) is 0 Å². The van der Waals surface area contributed by atoms with Gasteiger partial charge in [0, 0.05) is 49.8 Å². The van der Waals surface area contributed by atoms with Gasteiger partial charge in [0.1, 0.15) is 5.65 Å². The van der Waals surface area contributed by atoms with Crippen molar-refractivity contribution in [1.82, 2.24) is 15.3 Å². The van der Waals surface area contributed by atoms with Crippen molar-refractivity contribution in [2.75, 3.05) is 32.1 Å². The van der Waals surface area contributed by atoms with Gasteiger partial charge < -0.3 is 20.4 Å². The number of ketones is 1. The molecular weight excluding hydrogens is 280 g/mol. The Labute approximate surface area is 129 Å². The summed E-state index contributed by atoms with van der Waals surface area (Å²) in [4.78, 5) is 19.8. The van der Waals surface area contributed by atoms with Gasteiger partial charge in [-0.3, -0.25) is 4.79 Å². The number of Topliss-reactive ketones (excluding diaryl/α,β-unsaturated/α-hetero) is 1.